The van der Waals surface area contributed by atoms with Crippen molar-refractivity contribution in [1.29, 1.82) is 0 Å². The van der Waals surface area contributed by atoms with E-state index in [9.17, 15) is 13.2 Å². The maximum atomic E-state index is 12.6. The molecule has 5 nitrogen and oxygen atoms in total. The van der Waals surface area contributed by atoms with Gasteiger partial charge in [0.15, 0.2) is 0 Å². The molecule has 0 spiro atoms. The molecule has 2 aliphatic rings. The lowest BCUT2D eigenvalue weighted by atomic mass is 9.95. The number of thiophene rings is 1. The molecule has 1 aromatic rings. The second kappa shape index (κ2) is 7.54. The van der Waals surface area contributed by atoms with Crippen molar-refractivity contribution in [2.24, 2.45) is 5.92 Å². The highest BCUT2D eigenvalue weighted by molar-refractivity contribution is 7.91. The van der Waals surface area contributed by atoms with Gasteiger partial charge in [-0.3, -0.25) is 4.79 Å². The summed E-state index contributed by atoms with van der Waals surface area (Å²) in [5.41, 5.74) is 0. The van der Waals surface area contributed by atoms with Crippen molar-refractivity contribution in [3.05, 3.63) is 17.0 Å². The zero-order valence-electron chi connectivity index (χ0n) is 14.2. The molecule has 24 heavy (non-hydrogen) atoms. The molecule has 7 heteroatoms. The van der Waals surface area contributed by atoms with E-state index in [1.807, 2.05) is 4.90 Å². The summed E-state index contributed by atoms with van der Waals surface area (Å²) >= 11 is 1.25. The van der Waals surface area contributed by atoms with Crippen LogP contribution in [0.3, 0.4) is 0 Å². The van der Waals surface area contributed by atoms with Crippen molar-refractivity contribution >= 4 is 27.3 Å². The normalized spacial score (nSPS) is 22.9. The SMILES string of the molecule is CCC1CCCN(C(=O)Cc2ccc(S(=O)(=O)N3CCCC3)s2)C1. The topological polar surface area (TPSA) is 57.7 Å². The molecule has 0 N–H and O–H groups in total. The van der Waals surface area contributed by atoms with E-state index < -0.39 is 10.0 Å². The average molecular weight is 371 g/mol. The molecule has 3 heterocycles. The first-order valence-electron chi connectivity index (χ1n) is 8.87. The summed E-state index contributed by atoms with van der Waals surface area (Å²) in [4.78, 5) is 15.3. The molecule has 0 bridgehead atoms. The second-order valence-electron chi connectivity index (χ2n) is 6.76. The molecule has 3 rings (SSSR count). The molecule has 2 aliphatic heterocycles. The first-order valence-corrected chi connectivity index (χ1v) is 11.1. The summed E-state index contributed by atoms with van der Waals surface area (Å²) in [5, 5.41) is 0. The van der Waals surface area contributed by atoms with Gasteiger partial charge in [-0.05, 0) is 43.7 Å². The Bertz CT molecular complexity index is 678. The summed E-state index contributed by atoms with van der Waals surface area (Å²) < 4.78 is 27.0. The zero-order chi connectivity index (χ0) is 17.2. The monoisotopic (exact) mass is 370 g/mol. The fourth-order valence-corrected chi connectivity index (χ4v) is 6.55. The molecule has 0 aromatic carbocycles. The molecule has 1 amide bonds. The number of likely N-dealkylation sites (tertiary alicyclic amines) is 1. The van der Waals surface area contributed by atoms with Crippen molar-refractivity contribution < 1.29 is 13.2 Å². The van der Waals surface area contributed by atoms with Crippen LogP contribution in [0, 0.1) is 5.92 Å². The highest BCUT2D eigenvalue weighted by atomic mass is 32.2. The van der Waals surface area contributed by atoms with E-state index in [0.717, 1.165) is 43.6 Å². The predicted molar refractivity (Wildman–Crippen MR) is 95.6 cm³/mol. The minimum atomic E-state index is -3.36. The number of sulfonamides is 1. The lowest BCUT2D eigenvalue weighted by Crippen LogP contribution is -2.40. The third-order valence-electron chi connectivity index (χ3n) is 5.07. The fourth-order valence-electron chi connectivity index (χ4n) is 3.53. The molecule has 134 valence electrons. The van der Waals surface area contributed by atoms with Crippen LogP contribution in [0.15, 0.2) is 16.3 Å². The number of amides is 1. The molecule has 1 atom stereocenters. The van der Waals surface area contributed by atoms with Gasteiger partial charge in [-0.2, -0.15) is 4.31 Å². The van der Waals surface area contributed by atoms with Gasteiger partial charge in [0.05, 0.1) is 6.42 Å². The van der Waals surface area contributed by atoms with Crippen LogP contribution >= 0.6 is 11.3 Å². The minimum Gasteiger partial charge on any atom is -0.342 e. The first-order chi connectivity index (χ1) is 11.5. The van der Waals surface area contributed by atoms with Crippen LogP contribution in [0.5, 0.6) is 0 Å². The highest BCUT2D eigenvalue weighted by Gasteiger charge is 2.29. The van der Waals surface area contributed by atoms with Gasteiger partial charge in [0.2, 0.25) is 5.91 Å². The van der Waals surface area contributed by atoms with Crippen LogP contribution in [0.4, 0.5) is 0 Å². The van der Waals surface area contributed by atoms with Crippen LogP contribution < -0.4 is 0 Å². The molecule has 0 aliphatic carbocycles. The van der Waals surface area contributed by atoms with Gasteiger partial charge in [0, 0.05) is 31.1 Å². The molecule has 0 radical (unpaired) electrons. The Morgan fingerprint density at radius 2 is 1.96 bits per heavy atom. The van der Waals surface area contributed by atoms with Gasteiger partial charge in [0.25, 0.3) is 10.0 Å². The summed E-state index contributed by atoms with van der Waals surface area (Å²) in [6.45, 7) is 5.08. The number of nitrogens with zero attached hydrogens (tertiary/aromatic N) is 2. The van der Waals surface area contributed by atoms with Gasteiger partial charge in [-0.25, -0.2) is 8.42 Å². The van der Waals surface area contributed by atoms with Gasteiger partial charge in [-0.1, -0.05) is 13.3 Å². The predicted octanol–water partition coefficient (Wildman–Crippen LogP) is 2.72. The second-order valence-corrected chi connectivity index (χ2v) is 10.1. The average Bonchev–Trinajstić information content (AvgIpc) is 3.27. The van der Waals surface area contributed by atoms with Crippen LogP contribution in [0.1, 0.15) is 43.9 Å². The Balaban J connectivity index is 1.64. The zero-order valence-corrected chi connectivity index (χ0v) is 15.9. The van der Waals surface area contributed by atoms with Gasteiger partial charge in [-0.15, -0.1) is 11.3 Å². The number of hydrogen-bond acceptors (Lipinski definition) is 4. The van der Waals surface area contributed by atoms with Crippen LogP contribution in [0.2, 0.25) is 0 Å². The summed E-state index contributed by atoms with van der Waals surface area (Å²) in [5.74, 6) is 0.734. The van der Waals surface area contributed by atoms with Crippen molar-refractivity contribution in [1.82, 2.24) is 9.21 Å². The lowest BCUT2D eigenvalue weighted by molar-refractivity contribution is -0.132. The maximum Gasteiger partial charge on any atom is 0.252 e. The molecule has 0 saturated carbocycles. The summed E-state index contributed by atoms with van der Waals surface area (Å²) in [6.07, 6.45) is 5.57. The van der Waals surface area contributed by atoms with Crippen molar-refractivity contribution in [3.63, 3.8) is 0 Å². The number of hydrogen-bond donors (Lipinski definition) is 0. The van der Waals surface area contributed by atoms with Crippen LogP contribution in [-0.2, 0) is 21.2 Å². The number of carbonyl (C=O) groups excluding carboxylic acids is 1. The Hall–Kier alpha value is -0.920. The van der Waals surface area contributed by atoms with E-state index in [1.165, 1.54) is 17.8 Å². The maximum absolute atomic E-state index is 12.6. The Labute approximate surface area is 148 Å². The van der Waals surface area contributed by atoms with Crippen LogP contribution in [0.25, 0.3) is 0 Å². The van der Waals surface area contributed by atoms with Gasteiger partial charge in [0.1, 0.15) is 4.21 Å². The molecule has 1 unspecified atom stereocenters. The Morgan fingerprint density at radius 1 is 1.21 bits per heavy atom. The molecular weight excluding hydrogens is 344 g/mol. The molecule has 2 saturated heterocycles. The smallest absolute Gasteiger partial charge is 0.252 e. The largest absolute Gasteiger partial charge is 0.342 e. The van der Waals surface area contributed by atoms with Crippen molar-refractivity contribution in [2.75, 3.05) is 26.2 Å². The van der Waals surface area contributed by atoms with Crippen molar-refractivity contribution in [2.45, 2.75) is 49.7 Å². The third-order valence-corrected chi connectivity index (χ3v) is 8.52. The third kappa shape index (κ3) is 3.83. The van der Waals surface area contributed by atoms with E-state index in [4.69, 9.17) is 0 Å². The molecule has 2 fully saturated rings. The van der Waals surface area contributed by atoms with Crippen molar-refractivity contribution in [3.8, 4) is 0 Å². The lowest BCUT2D eigenvalue weighted by Gasteiger charge is -2.32. The first kappa shape index (κ1) is 17.9. The minimum absolute atomic E-state index is 0.125. The van der Waals surface area contributed by atoms with Crippen LogP contribution in [-0.4, -0.2) is 49.7 Å². The van der Waals surface area contributed by atoms with Gasteiger partial charge < -0.3 is 4.90 Å². The van der Waals surface area contributed by atoms with E-state index in [2.05, 4.69) is 6.92 Å². The summed E-state index contributed by atoms with van der Waals surface area (Å²) in [6, 6.07) is 3.46. The fraction of sp³-hybridized carbons (Fsp3) is 0.706. The van der Waals surface area contributed by atoms with E-state index in [0.29, 0.717) is 29.6 Å². The van der Waals surface area contributed by atoms with E-state index >= 15 is 0 Å². The standard InChI is InChI=1S/C17H26N2O3S2/c1-2-14-6-5-9-18(13-14)16(20)12-15-7-8-17(23-15)24(21,22)19-10-3-4-11-19/h7-8,14H,2-6,9-13H2,1H3. The summed E-state index contributed by atoms with van der Waals surface area (Å²) in [7, 11) is -3.36. The number of piperidine rings is 1. The van der Waals surface area contributed by atoms with E-state index in [-0.39, 0.29) is 5.91 Å². The molecular formula is C17H26N2O3S2. The quantitative estimate of drug-likeness (QED) is 0.801. The highest BCUT2D eigenvalue weighted by Crippen LogP contribution is 2.28. The number of rotatable bonds is 5. The Kier molecular flexibility index (Phi) is 5.62. The Morgan fingerprint density at radius 3 is 2.67 bits per heavy atom. The number of carbonyl (C=O) groups is 1. The molecule has 1 aromatic heterocycles. The van der Waals surface area contributed by atoms with Gasteiger partial charge >= 0.3 is 0 Å². The van der Waals surface area contributed by atoms with E-state index in [1.54, 1.807) is 16.4 Å².